The normalized spacial score (nSPS) is 23.5. The monoisotopic (exact) mass is 322 g/mol. The number of para-hydroxylation sites is 1. The number of hydrogen-bond donors (Lipinski definition) is 1. The highest BCUT2D eigenvalue weighted by Gasteiger charge is 2.32. The number of carbonyl (C=O) groups is 1. The Labute approximate surface area is 135 Å². The second-order valence-electron chi connectivity index (χ2n) is 5.84. The van der Waals surface area contributed by atoms with E-state index in [0.29, 0.717) is 25.4 Å². The third-order valence-electron chi connectivity index (χ3n) is 3.99. The van der Waals surface area contributed by atoms with Gasteiger partial charge in [0.15, 0.2) is 6.10 Å². The maximum absolute atomic E-state index is 12.6. The van der Waals surface area contributed by atoms with Crippen LogP contribution in [0, 0.1) is 0 Å². The zero-order valence-corrected chi connectivity index (χ0v) is 13.6. The number of aliphatic hydroxyl groups is 1. The molecule has 0 bridgehead atoms. The molecule has 6 heteroatoms. The van der Waals surface area contributed by atoms with Crippen LogP contribution in [0.4, 0.5) is 0 Å². The van der Waals surface area contributed by atoms with Gasteiger partial charge in [-0.3, -0.25) is 9.69 Å². The van der Waals surface area contributed by atoms with Crippen molar-refractivity contribution in [3.05, 3.63) is 24.3 Å². The van der Waals surface area contributed by atoms with E-state index in [1.807, 2.05) is 29.2 Å². The van der Waals surface area contributed by atoms with Crippen molar-refractivity contribution in [2.75, 3.05) is 38.5 Å². The smallest absolute Gasteiger partial charge is 0.264 e. The topological polar surface area (TPSA) is 53.0 Å². The Balaban J connectivity index is 1.55. The first-order chi connectivity index (χ1) is 10.6. The van der Waals surface area contributed by atoms with Crippen molar-refractivity contribution in [1.29, 1.82) is 0 Å². The Morgan fingerprint density at radius 3 is 2.82 bits per heavy atom. The molecule has 0 saturated carbocycles. The number of β-amino-alcohol motifs (C(OH)–C–C–N with tert-alkyl or cyclic N) is 1. The fourth-order valence-electron chi connectivity index (χ4n) is 2.87. The standard InChI is InChI=1S/C16H22N2O3S/c1-12(19)10-17-6-8-18(9-7-17)16(20)14-11-22-15-5-3-2-4-13(15)21-14/h2-5,12,14,19H,6-11H2,1H3/t12-,14+/m0/s1. The van der Waals surface area contributed by atoms with Crippen LogP contribution >= 0.6 is 11.8 Å². The molecule has 2 heterocycles. The molecule has 3 rings (SSSR count). The lowest BCUT2D eigenvalue weighted by atomic mass is 10.2. The van der Waals surface area contributed by atoms with Crippen molar-refractivity contribution in [2.24, 2.45) is 0 Å². The van der Waals surface area contributed by atoms with Crippen molar-refractivity contribution in [1.82, 2.24) is 9.80 Å². The van der Waals surface area contributed by atoms with Gasteiger partial charge in [0.2, 0.25) is 0 Å². The van der Waals surface area contributed by atoms with Gasteiger partial charge in [0, 0.05) is 43.4 Å². The molecule has 2 aliphatic heterocycles. The van der Waals surface area contributed by atoms with Crippen LogP contribution in [0.25, 0.3) is 0 Å². The third-order valence-corrected chi connectivity index (χ3v) is 5.11. The molecule has 0 unspecified atom stereocenters. The summed E-state index contributed by atoms with van der Waals surface area (Å²) in [5, 5.41) is 9.43. The summed E-state index contributed by atoms with van der Waals surface area (Å²) in [7, 11) is 0. The van der Waals surface area contributed by atoms with Gasteiger partial charge in [-0.25, -0.2) is 0 Å². The molecule has 1 N–H and O–H groups in total. The van der Waals surface area contributed by atoms with Gasteiger partial charge in [-0.2, -0.15) is 0 Å². The van der Waals surface area contributed by atoms with Gasteiger partial charge in [-0.15, -0.1) is 11.8 Å². The van der Waals surface area contributed by atoms with E-state index in [2.05, 4.69) is 4.90 Å². The van der Waals surface area contributed by atoms with Crippen LogP contribution in [0.1, 0.15) is 6.92 Å². The number of benzene rings is 1. The van der Waals surface area contributed by atoms with Gasteiger partial charge in [0.1, 0.15) is 5.75 Å². The Hall–Kier alpha value is -1.24. The van der Waals surface area contributed by atoms with E-state index in [0.717, 1.165) is 23.7 Å². The van der Waals surface area contributed by atoms with Crippen molar-refractivity contribution in [3.8, 4) is 5.75 Å². The van der Waals surface area contributed by atoms with Crippen LogP contribution in [-0.2, 0) is 4.79 Å². The predicted molar refractivity (Wildman–Crippen MR) is 86.3 cm³/mol. The summed E-state index contributed by atoms with van der Waals surface area (Å²) >= 11 is 1.68. The van der Waals surface area contributed by atoms with E-state index < -0.39 is 0 Å². The maximum atomic E-state index is 12.6. The third kappa shape index (κ3) is 3.56. The lowest BCUT2D eigenvalue weighted by Crippen LogP contribution is -2.54. The van der Waals surface area contributed by atoms with Crippen LogP contribution in [0.15, 0.2) is 29.2 Å². The molecule has 1 amide bonds. The van der Waals surface area contributed by atoms with Gasteiger partial charge in [-0.1, -0.05) is 12.1 Å². The average Bonchev–Trinajstić information content (AvgIpc) is 2.54. The van der Waals surface area contributed by atoms with Crippen LogP contribution in [-0.4, -0.2) is 71.5 Å². The first-order valence-electron chi connectivity index (χ1n) is 7.71. The fourth-order valence-corrected chi connectivity index (χ4v) is 3.84. The number of nitrogens with zero attached hydrogens (tertiary/aromatic N) is 2. The lowest BCUT2D eigenvalue weighted by Gasteiger charge is -2.37. The zero-order valence-electron chi connectivity index (χ0n) is 12.8. The number of ether oxygens (including phenoxy) is 1. The summed E-state index contributed by atoms with van der Waals surface area (Å²) in [4.78, 5) is 17.8. The highest BCUT2D eigenvalue weighted by atomic mass is 32.2. The van der Waals surface area contributed by atoms with Crippen molar-refractivity contribution >= 4 is 17.7 Å². The number of rotatable bonds is 3. The largest absolute Gasteiger partial charge is 0.479 e. The van der Waals surface area contributed by atoms with Crippen LogP contribution in [0.3, 0.4) is 0 Å². The molecule has 1 aromatic rings. The molecule has 1 saturated heterocycles. The molecular weight excluding hydrogens is 300 g/mol. The molecule has 0 aliphatic carbocycles. The molecule has 1 aromatic carbocycles. The summed E-state index contributed by atoms with van der Waals surface area (Å²) in [6.45, 7) is 5.50. The zero-order chi connectivity index (χ0) is 15.5. The van der Waals surface area contributed by atoms with Gasteiger partial charge < -0.3 is 14.7 Å². The Morgan fingerprint density at radius 1 is 1.36 bits per heavy atom. The van der Waals surface area contributed by atoms with Crippen molar-refractivity contribution < 1.29 is 14.6 Å². The molecule has 0 aromatic heterocycles. The molecule has 0 spiro atoms. The molecule has 0 radical (unpaired) electrons. The predicted octanol–water partition coefficient (Wildman–Crippen LogP) is 1.06. The lowest BCUT2D eigenvalue weighted by molar-refractivity contribution is -0.139. The van der Waals surface area contributed by atoms with Crippen molar-refractivity contribution in [2.45, 2.75) is 24.0 Å². The fraction of sp³-hybridized carbons (Fsp3) is 0.562. The second kappa shape index (κ2) is 6.89. The van der Waals surface area contributed by atoms with Crippen LogP contribution in [0.5, 0.6) is 5.75 Å². The summed E-state index contributed by atoms with van der Waals surface area (Å²) in [6, 6.07) is 7.86. The number of piperazine rings is 1. The molecule has 1 fully saturated rings. The number of amides is 1. The minimum absolute atomic E-state index is 0.0821. The van der Waals surface area contributed by atoms with E-state index >= 15 is 0 Å². The summed E-state index contributed by atoms with van der Waals surface area (Å²) in [5.41, 5.74) is 0. The average molecular weight is 322 g/mol. The van der Waals surface area contributed by atoms with E-state index in [-0.39, 0.29) is 18.1 Å². The van der Waals surface area contributed by atoms with E-state index in [9.17, 15) is 9.90 Å². The number of fused-ring (bicyclic) bond motifs is 1. The van der Waals surface area contributed by atoms with Gasteiger partial charge >= 0.3 is 0 Å². The van der Waals surface area contributed by atoms with E-state index in [1.54, 1.807) is 18.7 Å². The molecule has 2 atom stereocenters. The van der Waals surface area contributed by atoms with Crippen molar-refractivity contribution in [3.63, 3.8) is 0 Å². The first-order valence-corrected chi connectivity index (χ1v) is 8.70. The SMILES string of the molecule is C[C@H](O)CN1CCN(C(=O)[C@H]2CSc3ccccc3O2)CC1. The second-order valence-corrected chi connectivity index (χ2v) is 6.90. The number of thioether (sulfide) groups is 1. The quantitative estimate of drug-likeness (QED) is 0.902. The Morgan fingerprint density at radius 2 is 2.09 bits per heavy atom. The molecular formula is C16H22N2O3S. The molecule has 2 aliphatic rings. The maximum Gasteiger partial charge on any atom is 0.264 e. The Bertz CT molecular complexity index is 530. The molecule has 120 valence electrons. The summed E-state index contributed by atoms with van der Waals surface area (Å²) < 4.78 is 5.87. The van der Waals surface area contributed by atoms with E-state index in [1.165, 1.54) is 0 Å². The first kappa shape index (κ1) is 15.6. The number of hydrogen-bond acceptors (Lipinski definition) is 5. The minimum atomic E-state index is -0.386. The van der Waals surface area contributed by atoms with E-state index in [4.69, 9.17) is 4.74 Å². The summed E-state index contributed by atoms with van der Waals surface area (Å²) in [6.07, 6.45) is -0.708. The molecule has 22 heavy (non-hydrogen) atoms. The Kier molecular flexibility index (Phi) is 4.90. The highest BCUT2D eigenvalue weighted by Crippen LogP contribution is 2.35. The van der Waals surface area contributed by atoms with Gasteiger partial charge in [-0.05, 0) is 19.1 Å². The minimum Gasteiger partial charge on any atom is -0.479 e. The molecule has 5 nitrogen and oxygen atoms in total. The van der Waals surface area contributed by atoms with Crippen LogP contribution in [0.2, 0.25) is 0 Å². The number of carbonyl (C=O) groups excluding carboxylic acids is 1. The van der Waals surface area contributed by atoms with Gasteiger partial charge in [0.05, 0.1) is 6.10 Å². The summed E-state index contributed by atoms with van der Waals surface area (Å²) in [5.74, 6) is 1.56. The number of aliphatic hydroxyl groups excluding tert-OH is 1. The van der Waals surface area contributed by atoms with Crippen LogP contribution < -0.4 is 4.74 Å². The highest BCUT2D eigenvalue weighted by molar-refractivity contribution is 7.99. The van der Waals surface area contributed by atoms with Gasteiger partial charge in [0.25, 0.3) is 5.91 Å².